The average molecular weight is 569 g/mol. The Bertz CT molecular complexity index is 1850. The van der Waals surface area contributed by atoms with Crippen molar-refractivity contribution in [2.75, 3.05) is 0 Å². The van der Waals surface area contributed by atoms with Gasteiger partial charge in [-0.05, 0) is 0 Å². The van der Waals surface area contributed by atoms with Crippen molar-refractivity contribution < 1.29 is 5.48 Å². The first-order valence-electron chi connectivity index (χ1n) is 13.9. The summed E-state index contributed by atoms with van der Waals surface area (Å²) < 4.78 is 42.3. The topological polar surface area (TPSA) is 4.93 Å². The number of nitrogens with zero attached hydrogens (tertiary/aromatic N) is 1. The molecule has 34 heavy (non-hydrogen) atoms. The first-order chi connectivity index (χ1) is 18.5. The Morgan fingerprint density at radius 3 is 2.47 bits per heavy atom. The van der Waals surface area contributed by atoms with Crippen LogP contribution in [0.25, 0.3) is 16.6 Å². The van der Waals surface area contributed by atoms with E-state index in [0.717, 1.165) is 42.6 Å². The monoisotopic (exact) mass is 571 g/mol. The summed E-state index contributed by atoms with van der Waals surface area (Å²) in [5.41, 5.74) is 8.30. The maximum absolute atomic E-state index is 8.85. The van der Waals surface area contributed by atoms with E-state index in [-0.39, 0.29) is 45.8 Å². The van der Waals surface area contributed by atoms with Crippen LogP contribution >= 0.6 is 0 Å². The van der Waals surface area contributed by atoms with Gasteiger partial charge in [0.1, 0.15) is 0 Å². The van der Waals surface area contributed by atoms with Crippen LogP contribution in [0.5, 0.6) is 0 Å². The number of hydrogen-bond acceptors (Lipinski definition) is 0. The van der Waals surface area contributed by atoms with Crippen molar-refractivity contribution in [3.63, 3.8) is 0 Å². The van der Waals surface area contributed by atoms with Crippen LogP contribution in [-0.2, 0) is 12.8 Å². The zero-order chi connectivity index (χ0) is 25.7. The molecule has 1 nitrogen and oxygen atoms in total. The standard InChI is InChI=1S/C30H22BNSe2/c1-4-11-24-20(8-1)21-9-2-5-12-25(21)32(24)19-16-17-23-29(18-19)34-28-15-7-14-27-30(28)31(23)22-10-3-6-13-26(22)33-27/h1,3-4,6-8,10-11,13-18H,2,5,9,12H2/i1D,4D,8D,11D. The molecule has 3 aliphatic rings. The van der Waals surface area contributed by atoms with Crippen molar-refractivity contribution >= 4 is 81.8 Å². The molecule has 0 atom stereocenters. The predicted molar refractivity (Wildman–Crippen MR) is 148 cm³/mol. The van der Waals surface area contributed by atoms with Gasteiger partial charge in [0.2, 0.25) is 0 Å². The zero-order valence-electron chi connectivity index (χ0n) is 22.4. The molecule has 0 saturated carbocycles. The van der Waals surface area contributed by atoms with Crippen LogP contribution in [0.15, 0.2) is 84.8 Å². The zero-order valence-corrected chi connectivity index (χ0v) is 21.9. The molecule has 5 aromatic rings. The van der Waals surface area contributed by atoms with Crippen molar-refractivity contribution in [3.8, 4) is 5.69 Å². The maximum atomic E-state index is 8.85. The van der Waals surface area contributed by atoms with E-state index in [4.69, 9.17) is 5.48 Å². The van der Waals surface area contributed by atoms with Gasteiger partial charge in [-0.15, -0.1) is 0 Å². The Kier molecular flexibility index (Phi) is 3.59. The fraction of sp³-hybridized carbons (Fsp3) is 0.133. The summed E-state index contributed by atoms with van der Waals surface area (Å²) in [6.07, 6.45) is 3.91. The summed E-state index contributed by atoms with van der Waals surface area (Å²) in [7, 11) is 0. The molecule has 0 saturated heterocycles. The van der Waals surface area contributed by atoms with Gasteiger partial charge in [-0.2, -0.15) is 0 Å². The van der Waals surface area contributed by atoms with Crippen LogP contribution < -0.4 is 34.2 Å². The van der Waals surface area contributed by atoms with Crippen LogP contribution in [0.4, 0.5) is 0 Å². The third kappa shape index (κ3) is 2.75. The van der Waals surface area contributed by atoms with Crippen LogP contribution in [-0.4, -0.2) is 41.2 Å². The molecular weight excluding hydrogens is 543 g/mol. The number of aromatic nitrogens is 1. The Labute approximate surface area is 218 Å². The van der Waals surface area contributed by atoms with Crippen molar-refractivity contribution in [3.05, 3.63) is 96.1 Å². The first-order valence-corrected chi connectivity index (χ1v) is 15.3. The number of fused-ring (bicyclic) bond motifs is 7. The summed E-state index contributed by atoms with van der Waals surface area (Å²) in [4.78, 5) is 0. The second-order valence-corrected chi connectivity index (χ2v) is 13.8. The SMILES string of the molecule is [2H]c1c([2H])c([2H])c2c(c1[2H])c1c(n2-c2ccc3c(c2)[Se]c2cccc4c2B3c2ccccc2[Se]4)CCCC1. The second-order valence-electron chi connectivity index (χ2n) is 9.26. The van der Waals surface area contributed by atoms with Crippen molar-refractivity contribution in [2.24, 2.45) is 0 Å². The van der Waals surface area contributed by atoms with E-state index in [0.29, 0.717) is 25.9 Å². The van der Waals surface area contributed by atoms with Crippen LogP contribution in [0.2, 0.25) is 0 Å². The summed E-state index contributed by atoms with van der Waals surface area (Å²) >= 11 is 0.510. The van der Waals surface area contributed by atoms with Crippen LogP contribution in [0, 0.1) is 0 Å². The molecule has 0 fully saturated rings. The molecule has 4 heteroatoms. The third-order valence-corrected chi connectivity index (χ3v) is 12.3. The molecule has 8 rings (SSSR count). The average Bonchev–Trinajstić information content (AvgIpc) is 3.30. The Morgan fingerprint density at radius 2 is 1.53 bits per heavy atom. The molecular formula is C30H22BNSe2. The van der Waals surface area contributed by atoms with E-state index >= 15 is 0 Å². The van der Waals surface area contributed by atoms with Gasteiger partial charge in [-0.3, -0.25) is 0 Å². The van der Waals surface area contributed by atoms with E-state index in [9.17, 15) is 0 Å². The summed E-state index contributed by atoms with van der Waals surface area (Å²) in [6.45, 7) is 0.264. The van der Waals surface area contributed by atoms with Gasteiger partial charge in [0.05, 0.1) is 0 Å². The van der Waals surface area contributed by atoms with E-state index in [1.807, 2.05) is 0 Å². The number of hydrogen-bond donors (Lipinski definition) is 0. The molecule has 0 spiro atoms. The van der Waals surface area contributed by atoms with Gasteiger partial charge >= 0.3 is 219 Å². The molecule has 0 amide bonds. The molecule has 4 aromatic carbocycles. The van der Waals surface area contributed by atoms with E-state index in [1.165, 1.54) is 34.2 Å². The quantitative estimate of drug-likeness (QED) is 0.260. The normalized spacial score (nSPS) is 17.1. The minimum absolute atomic E-state index is 0.0667. The Hall–Kier alpha value is -2.48. The molecule has 1 aliphatic carbocycles. The molecule has 0 radical (unpaired) electrons. The molecule has 1 aromatic heterocycles. The molecule has 2 aliphatic heterocycles. The van der Waals surface area contributed by atoms with Crippen LogP contribution in [0.1, 0.15) is 29.6 Å². The number of benzene rings is 4. The Morgan fingerprint density at radius 1 is 0.765 bits per heavy atom. The molecule has 162 valence electrons. The number of rotatable bonds is 1. The van der Waals surface area contributed by atoms with Crippen molar-refractivity contribution in [1.82, 2.24) is 4.57 Å². The number of para-hydroxylation sites is 1. The van der Waals surface area contributed by atoms with E-state index < -0.39 is 0 Å². The summed E-state index contributed by atoms with van der Waals surface area (Å²) in [5, 5.41) is 0.715. The van der Waals surface area contributed by atoms with Crippen molar-refractivity contribution in [1.29, 1.82) is 0 Å². The van der Waals surface area contributed by atoms with Gasteiger partial charge in [0, 0.05) is 0 Å². The molecule has 0 unspecified atom stereocenters. The van der Waals surface area contributed by atoms with Crippen molar-refractivity contribution in [2.45, 2.75) is 25.7 Å². The fourth-order valence-corrected chi connectivity index (χ4v) is 11.3. The van der Waals surface area contributed by atoms with E-state index in [1.54, 1.807) is 0 Å². The second kappa shape index (κ2) is 7.51. The van der Waals surface area contributed by atoms with Gasteiger partial charge in [-0.1, -0.05) is 0 Å². The van der Waals surface area contributed by atoms with Gasteiger partial charge in [0.15, 0.2) is 0 Å². The molecule has 0 bridgehead atoms. The fourth-order valence-electron chi connectivity index (χ4n) is 6.02. The minimum atomic E-state index is -0.150. The predicted octanol–water partition coefficient (Wildman–Crippen LogP) is 0.962. The third-order valence-electron chi connectivity index (χ3n) is 7.45. The van der Waals surface area contributed by atoms with Crippen LogP contribution in [0.3, 0.4) is 0 Å². The van der Waals surface area contributed by atoms with E-state index in [2.05, 4.69) is 65.2 Å². The first kappa shape index (κ1) is 16.2. The van der Waals surface area contributed by atoms with Gasteiger partial charge in [-0.25, -0.2) is 0 Å². The molecule has 0 N–H and O–H groups in total. The van der Waals surface area contributed by atoms with Gasteiger partial charge in [0.25, 0.3) is 0 Å². The van der Waals surface area contributed by atoms with Gasteiger partial charge < -0.3 is 0 Å². The summed E-state index contributed by atoms with van der Waals surface area (Å²) in [5.74, 6) is 0. The number of aryl methyl sites for hydroxylation is 1. The molecule has 3 heterocycles. The Balaban J connectivity index is 1.39. The summed E-state index contributed by atoms with van der Waals surface area (Å²) in [6, 6.07) is 22.5.